The summed E-state index contributed by atoms with van der Waals surface area (Å²) >= 11 is 3.43. The summed E-state index contributed by atoms with van der Waals surface area (Å²) in [6, 6.07) is 20.2. The van der Waals surface area contributed by atoms with Crippen LogP contribution in [0.25, 0.3) is 31.4 Å². The Bertz CT molecular complexity index is 1140. The number of nitrogens with zero attached hydrogens (tertiary/aromatic N) is 2. The van der Waals surface area contributed by atoms with E-state index in [1.54, 1.807) is 23.5 Å². The molecule has 0 atom stereocenters. The number of nitriles is 2. The number of benzene rings is 3. The van der Waals surface area contributed by atoms with E-state index in [0.29, 0.717) is 0 Å². The van der Waals surface area contributed by atoms with E-state index in [-0.39, 0.29) is 5.57 Å². The molecule has 3 aromatic carbocycles. The maximum atomic E-state index is 9.45. The number of fused-ring (bicyclic) bond motifs is 2. The van der Waals surface area contributed by atoms with Crippen LogP contribution >= 0.6 is 23.5 Å². The Labute approximate surface area is 147 Å². The number of thioether (sulfide) groups is 2. The van der Waals surface area contributed by atoms with Gasteiger partial charge >= 0.3 is 0 Å². The molecule has 1 aliphatic rings. The van der Waals surface area contributed by atoms with Gasteiger partial charge in [0.05, 0.1) is 4.24 Å². The molecule has 0 bridgehead atoms. The summed E-state index contributed by atoms with van der Waals surface area (Å²) in [5.74, 6) is 0. The topological polar surface area (TPSA) is 47.6 Å². The van der Waals surface area contributed by atoms with Gasteiger partial charge in [-0.15, -0.1) is 0 Å². The first-order valence-corrected chi connectivity index (χ1v) is 9.07. The average molecular weight is 342 g/mol. The van der Waals surface area contributed by atoms with Gasteiger partial charge in [0.15, 0.2) is 0 Å². The van der Waals surface area contributed by atoms with Gasteiger partial charge in [0.1, 0.15) is 17.7 Å². The standard InChI is InChI=1S/C20H10N2S2/c21-11-13(12-22)18-14-5-1-3-7-16(14)19(20-23-9-10-24-20)17-8-4-2-6-15(17)18/h1-10H. The molecule has 1 heterocycles. The van der Waals surface area contributed by atoms with E-state index in [2.05, 4.69) is 35.1 Å². The Kier molecular flexibility index (Phi) is 3.78. The van der Waals surface area contributed by atoms with Crippen molar-refractivity contribution < 1.29 is 0 Å². The minimum atomic E-state index is 0.156. The normalized spacial score (nSPS) is 13.2. The van der Waals surface area contributed by atoms with Crippen molar-refractivity contribution >= 4 is 54.9 Å². The third kappa shape index (κ3) is 2.20. The summed E-state index contributed by atoms with van der Waals surface area (Å²) < 4.78 is 1.23. The number of hydrogen-bond donors (Lipinski definition) is 0. The highest BCUT2D eigenvalue weighted by molar-refractivity contribution is 8.34. The molecule has 3 aromatic rings. The minimum Gasteiger partial charge on any atom is -0.192 e. The van der Waals surface area contributed by atoms with E-state index in [9.17, 15) is 10.5 Å². The van der Waals surface area contributed by atoms with Gasteiger partial charge in [0.25, 0.3) is 0 Å². The van der Waals surface area contributed by atoms with Gasteiger partial charge in [0.2, 0.25) is 0 Å². The lowest BCUT2D eigenvalue weighted by atomic mass is 9.96. The van der Waals surface area contributed by atoms with Crippen LogP contribution in [0.3, 0.4) is 0 Å². The van der Waals surface area contributed by atoms with Crippen LogP contribution in [0.5, 0.6) is 0 Å². The molecule has 0 aromatic heterocycles. The van der Waals surface area contributed by atoms with E-state index in [4.69, 9.17) is 0 Å². The fraction of sp³-hybridized carbons (Fsp3) is 0. The molecule has 0 radical (unpaired) electrons. The van der Waals surface area contributed by atoms with E-state index in [1.807, 2.05) is 36.4 Å². The molecule has 0 saturated carbocycles. The molecule has 0 fully saturated rings. The summed E-state index contributed by atoms with van der Waals surface area (Å²) in [4.78, 5) is 0. The Morgan fingerprint density at radius 3 is 1.62 bits per heavy atom. The smallest absolute Gasteiger partial charge is 0.138 e. The first-order valence-electron chi connectivity index (χ1n) is 7.31. The van der Waals surface area contributed by atoms with Crippen LogP contribution in [0.4, 0.5) is 0 Å². The van der Waals surface area contributed by atoms with Crippen LogP contribution < -0.4 is 10.4 Å². The zero-order valence-electron chi connectivity index (χ0n) is 12.5. The monoisotopic (exact) mass is 342 g/mol. The molecule has 1 aliphatic heterocycles. The predicted octanol–water partition coefficient (Wildman–Crippen LogP) is 4.21. The molecular weight excluding hydrogens is 332 g/mol. The zero-order valence-corrected chi connectivity index (χ0v) is 14.1. The fourth-order valence-corrected chi connectivity index (χ4v) is 5.00. The van der Waals surface area contributed by atoms with E-state index < -0.39 is 0 Å². The summed E-state index contributed by atoms with van der Waals surface area (Å²) in [5.41, 5.74) is 0.156. The van der Waals surface area contributed by atoms with Crippen LogP contribution in [0, 0.1) is 22.7 Å². The van der Waals surface area contributed by atoms with Crippen molar-refractivity contribution in [2.45, 2.75) is 0 Å². The predicted molar refractivity (Wildman–Crippen MR) is 103 cm³/mol. The maximum absolute atomic E-state index is 9.45. The van der Waals surface area contributed by atoms with Gasteiger partial charge in [-0.2, -0.15) is 10.5 Å². The molecule has 0 saturated heterocycles. The second-order valence-electron chi connectivity index (χ2n) is 5.24. The van der Waals surface area contributed by atoms with E-state index in [0.717, 1.165) is 26.8 Å². The van der Waals surface area contributed by atoms with Crippen molar-refractivity contribution in [1.82, 2.24) is 0 Å². The minimum absolute atomic E-state index is 0.156. The summed E-state index contributed by atoms with van der Waals surface area (Å²) in [7, 11) is 0. The lowest BCUT2D eigenvalue weighted by Crippen LogP contribution is -2.17. The van der Waals surface area contributed by atoms with Crippen molar-refractivity contribution in [1.29, 1.82) is 10.5 Å². The second-order valence-corrected chi connectivity index (χ2v) is 7.33. The highest BCUT2D eigenvalue weighted by Gasteiger charge is 2.13. The van der Waals surface area contributed by atoms with Crippen molar-refractivity contribution in [2.24, 2.45) is 0 Å². The first-order chi connectivity index (χ1) is 11.8. The maximum Gasteiger partial charge on any atom is 0.138 e. The molecule has 0 unspecified atom stereocenters. The molecule has 24 heavy (non-hydrogen) atoms. The molecule has 4 heteroatoms. The molecule has 0 amide bonds. The van der Waals surface area contributed by atoms with Crippen LogP contribution in [-0.4, -0.2) is 0 Å². The largest absolute Gasteiger partial charge is 0.192 e. The Balaban J connectivity index is 2.45. The highest BCUT2D eigenvalue weighted by atomic mass is 32.2. The molecule has 0 spiro atoms. The molecular formula is C20H10N2S2. The Morgan fingerprint density at radius 2 is 1.17 bits per heavy atom. The molecule has 2 nitrogen and oxygen atoms in total. The Hall–Kier alpha value is -2.66. The van der Waals surface area contributed by atoms with Gasteiger partial charge in [-0.05, 0) is 32.4 Å². The molecule has 0 N–H and O–H groups in total. The number of rotatable bonds is 0. The van der Waals surface area contributed by atoms with Crippen molar-refractivity contribution in [3.8, 4) is 12.1 Å². The van der Waals surface area contributed by atoms with Crippen LogP contribution in [0.2, 0.25) is 0 Å². The van der Waals surface area contributed by atoms with Crippen LogP contribution in [0.1, 0.15) is 0 Å². The lowest BCUT2D eigenvalue weighted by molar-refractivity contribution is 1.50. The van der Waals surface area contributed by atoms with Gasteiger partial charge in [-0.1, -0.05) is 72.1 Å². The number of hydrogen-bond acceptors (Lipinski definition) is 4. The SMILES string of the molecule is N#CC(C#N)=c1c2ccccc2c(=C2SC=CS2)c2ccccc12. The zero-order chi connectivity index (χ0) is 16.5. The van der Waals surface area contributed by atoms with Gasteiger partial charge in [0, 0.05) is 10.4 Å². The highest BCUT2D eigenvalue weighted by Crippen LogP contribution is 2.38. The summed E-state index contributed by atoms with van der Waals surface area (Å²) in [6.45, 7) is 0. The average Bonchev–Trinajstić information content (AvgIpc) is 3.16. The summed E-state index contributed by atoms with van der Waals surface area (Å²) in [6.07, 6.45) is 0. The lowest BCUT2D eigenvalue weighted by Gasteiger charge is -2.09. The second kappa shape index (κ2) is 6.09. The van der Waals surface area contributed by atoms with Gasteiger partial charge < -0.3 is 0 Å². The molecule has 112 valence electrons. The molecule has 0 aliphatic carbocycles. The fourth-order valence-electron chi connectivity index (χ4n) is 3.08. The van der Waals surface area contributed by atoms with Gasteiger partial charge in [-0.3, -0.25) is 0 Å². The van der Waals surface area contributed by atoms with E-state index >= 15 is 0 Å². The van der Waals surface area contributed by atoms with Crippen LogP contribution in [-0.2, 0) is 0 Å². The third-order valence-electron chi connectivity index (χ3n) is 4.01. The Morgan fingerprint density at radius 1 is 0.708 bits per heavy atom. The third-order valence-corrected chi connectivity index (χ3v) is 6.15. The molecule has 4 rings (SSSR count). The summed E-state index contributed by atoms with van der Waals surface area (Å²) in [5, 5.41) is 29.0. The quantitative estimate of drug-likeness (QED) is 0.574. The van der Waals surface area contributed by atoms with Crippen molar-refractivity contribution in [3.63, 3.8) is 0 Å². The van der Waals surface area contributed by atoms with E-state index in [1.165, 1.54) is 9.46 Å². The van der Waals surface area contributed by atoms with Crippen molar-refractivity contribution in [2.75, 3.05) is 0 Å². The first kappa shape index (κ1) is 14.9. The van der Waals surface area contributed by atoms with Crippen molar-refractivity contribution in [3.05, 3.63) is 69.8 Å². The van der Waals surface area contributed by atoms with Gasteiger partial charge in [-0.25, -0.2) is 0 Å². The van der Waals surface area contributed by atoms with Crippen LogP contribution in [0.15, 0.2) is 59.3 Å².